The van der Waals surface area contributed by atoms with Crippen molar-refractivity contribution in [1.29, 1.82) is 0 Å². The van der Waals surface area contributed by atoms with Gasteiger partial charge in [0.1, 0.15) is 19.3 Å². The van der Waals surface area contributed by atoms with Gasteiger partial charge in [0.25, 0.3) is 0 Å². The summed E-state index contributed by atoms with van der Waals surface area (Å²) in [6.07, 6.45) is 61.1. The van der Waals surface area contributed by atoms with Gasteiger partial charge in [-0.15, -0.1) is 0 Å². The molecule has 0 saturated carbocycles. The number of rotatable bonds is 53. The third kappa shape index (κ3) is 50.9. The van der Waals surface area contributed by atoms with Crippen LogP contribution in [0.25, 0.3) is 0 Å². The molecule has 0 rings (SSSR count). The number of esters is 1. The minimum absolute atomic E-state index is 0.0366. The quantitative estimate of drug-likeness (QED) is 0.0156. The van der Waals surface area contributed by atoms with Crippen LogP contribution in [0.2, 0.25) is 0 Å². The summed E-state index contributed by atoms with van der Waals surface area (Å²) in [6, 6.07) is -0.855. The summed E-state index contributed by atoms with van der Waals surface area (Å²) in [5.74, 6) is -0.521. The number of phosphoric ester groups is 1. The van der Waals surface area contributed by atoms with Crippen molar-refractivity contribution in [3.8, 4) is 0 Å². The van der Waals surface area contributed by atoms with Crippen LogP contribution in [0.1, 0.15) is 271 Å². The number of nitrogens with zero attached hydrogens (tertiary/aromatic N) is 1. The van der Waals surface area contributed by atoms with E-state index in [0.29, 0.717) is 23.9 Å². The number of allylic oxidation sites excluding steroid dienone is 7. The SMILES string of the molecule is CC/C=C/C=C/C=C\CCCCCCCC(=O)NC(COP(=O)(O)OCC[N+](C)(C)C)C(/C=C\CCCCCCCCCCCC)OC(=O)CCCCCCCCCCCCCCCCCCCCC. The Balaban J connectivity index is 5.27. The van der Waals surface area contributed by atoms with E-state index >= 15 is 0 Å². The second kappa shape index (κ2) is 50.5. The molecule has 0 aliphatic heterocycles. The molecule has 9 nitrogen and oxygen atoms in total. The fourth-order valence-corrected chi connectivity index (χ4v) is 9.27. The lowest BCUT2D eigenvalue weighted by Gasteiger charge is -2.27. The average Bonchev–Trinajstić information content (AvgIpc) is 3.32. The zero-order valence-electron chi connectivity index (χ0n) is 46.8. The second-order valence-corrected chi connectivity index (χ2v) is 22.7. The van der Waals surface area contributed by atoms with Gasteiger partial charge in [0, 0.05) is 12.8 Å². The fourth-order valence-electron chi connectivity index (χ4n) is 8.53. The molecule has 0 radical (unpaired) electrons. The minimum atomic E-state index is -4.45. The topological polar surface area (TPSA) is 111 Å². The Hall–Kier alpha value is -2.03. The van der Waals surface area contributed by atoms with Crippen molar-refractivity contribution in [3.63, 3.8) is 0 Å². The van der Waals surface area contributed by atoms with Gasteiger partial charge < -0.3 is 19.4 Å². The summed E-state index contributed by atoms with van der Waals surface area (Å²) in [6.45, 7) is 6.88. The molecule has 0 aliphatic carbocycles. The van der Waals surface area contributed by atoms with E-state index in [2.05, 4.69) is 62.5 Å². The molecule has 0 aromatic rings. The maximum Gasteiger partial charge on any atom is 0.472 e. The molecule has 0 fully saturated rings. The summed E-state index contributed by atoms with van der Waals surface area (Å²) < 4.78 is 30.6. The molecule has 0 spiro atoms. The van der Waals surface area contributed by atoms with Gasteiger partial charge >= 0.3 is 13.8 Å². The van der Waals surface area contributed by atoms with Crippen molar-refractivity contribution in [3.05, 3.63) is 48.6 Å². The molecule has 10 heteroatoms. The van der Waals surface area contributed by atoms with Gasteiger partial charge in [0.2, 0.25) is 5.91 Å². The van der Waals surface area contributed by atoms with Crippen LogP contribution in [0.5, 0.6) is 0 Å². The number of unbranched alkanes of at least 4 members (excludes halogenated alkanes) is 33. The van der Waals surface area contributed by atoms with Crippen molar-refractivity contribution in [2.45, 2.75) is 283 Å². The first-order valence-electron chi connectivity index (χ1n) is 29.5. The number of phosphoric acid groups is 1. The molecule has 2 N–H and O–H groups in total. The lowest BCUT2D eigenvalue weighted by atomic mass is 10.0. The van der Waals surface area contributed by atoms with Crippen LogP contribution in [0.15, 0.2) is 48.6 Å². The second-order valence-electron chi connectivity index (χ2n) is 21.2. The van der Waals surface area contributed by atoms with Crippen LogP contribution >= 0.6 is 7.82 Å². The number of quaternary nitrogens is 1. The molecule has 1 amide bonds. The fraction of sp³-hybridized carbons (Fsp3) is 0.833. The monoisotopic (exact) mass is 1010 g/mol. The summed E-state index contributed by atoms with van der Waals surface area (Å²) >= 11 is 0. The van der Waals surface area contributed by atoms with E-state index in [1.165, 1.54) is 154 Å². The Morgan fingerprint density at radius 3 is 1.36 bits per heavy atom. The predicted octanol–water partition coefficient (Wildman–Crippen LogP) is 17.7. The number of hydrogen-bond acceptors (Lipinski definition) is 6. The minimum Gasteiger partial charge on any atom is -0.456 e. The van der Waals surface area contributed by atoms with E-state index in [9.17, 15) is 19.0 Å². The zero-order valence-corrected chi connectivity index (χ0v) is 47.7. The van der Waals surface area contributed by atoms with E-state index in [4.69, 9.17) is 13.8 Å². The number of carbonyl (C=O) groups is 2. The zero-order chi connectivity index (χ0) is 51.5. The summed E-state index contributed by atoms with van der Waals surface area (Å²) in [5, 5.41) is 3.04. The number of amides is 1. The number of carbonyl (C=O) groups excluding carboxylic acids is 2. The molecule has 410 valence electrons. The van der Waals surface area contributed by atoms with Crippen LogP contribution in [0.3, 0.4) is 0 Å². The Labute approximate surface area is 433 Å². The summed E-state index contributed by atoms with van der Waals surface area (Å²) in [7, 11) is 1.49. The van der Waals surface area contributed by atoms with Crippen molar-refractivity contribution < 1.29 is 37.3 Å². The average molecular weight is 1010 g/mol. The first kappa shape index (κ1) is 68.0. The Kier molecular flexibility index (Phi) is 49.0. The number of likely N-dealkylation sites (N-methyl/N-ethyl adjacent to an activating group) is 1. The third-order valence-electron chi connectivity index (χ3n) is 13.1. The number of nitrogens with one attached hydrogen (secondary N) is 1. The Bertz CT molecular complexity index is 1340. The highest BCUT2D eigenvalue weighted by Crippen LogP contribution is 2.43. The van der Waals surface area contributed by atoms with Gasteiger partial charge in [-0.25, -0.2) is 4.57 Å². The largest absolute Gasteiger partial charge is 0.472 e. The van der Waals surface area contributed by atoms with E-state index in [1.807, 2.05) is 33.3 Å². The molecule has 0 aromatic carbocycles. The maximum absolute atomic E-state index is 13.5. The van der Waals surface area contributed by atoms with Gasteiger partial charge in [-0.05, 0) is 51.0 Å². The third-order valence-corrected chi connectivity index (χ3v) is 14.1. The van der Waals surface area contributed by atoms with E-state index in [-0.39, 0.29) is 25.1 Å². The van der Waals surface area contributed by atoms with E-state index in [1.54, 1.807) is 0 Å². The molecule has 3 atom stereocenters. The molecular formula is C60H114N2O7P+. The lowest BCUT2D eigenvalue weighted by molar-refractivity contribution is -0.870. The summed E-state index contributed by atoms with van der Waals surface area (Å²) in [5.41, 5.74) is 0. The maximum atomic E-state index is 13.5. The lowest BCUT2D eigenvalue weighted by Crippen LogP contribution is -2.47. The van der Waals surface area contributed by atoms with Crippen molar-refractivity contribution in [2.24, 2.45) is 0 Å². The van der Waals surface area contributed by atoms with Crippen LogP contribution < -0.4 is 5.32 Å². The van der Waals surface area contributed by atoms with Crippen LogP contribution in [-0.4, -0.2) is 74.3 Å². The highest BCUT2D eigenvalue weighted by atomic mass is 31.2. The first-order chi connectivity index (χ1) is 33.9. The van der Waals surface area contributed by atoms with Gasteiger partial charge in [0.05, 0.1) is 33.8 Å². The van der Waals surface area contributed by atoms with Gasteiger partial charge in [-0.1, -0.05) is 256 Å². The predicted molar refractivity (Wildman–Crippen MR) is 300 cm³/mol. The van der Waals surface area contributed by atoms with E-state index < -0.39 is 20.0 Å². The Morgan fingerprint density at radius 1 is 0.514 bits per heavy atom. The number of ether oxygens (including phenoxy) is 1. The van der Waals surface area contributed by atoms with Crippen molar-refractivity contribution in [2.75, 3.05) is 40.9 Å². The smallest absolute Gasteiger partial charge is 0.456 e. The Morgan fingerprint density at radius 2 is 0.914 bits per heavy atom. The molecule has 0 aliphatic rings. The molecule has 0 bridgehead atoms. The van der Waals surface area contributed by atoms with Gasteiger partial charge in [-0.2, -0.15) is 0 Å². The molecule has 0 saturated heterocycles. The van der Waals surface area contributed by atoms with Crippen LogP contribution in [0, 0.1) is 0 Å². The normalized spacial score (nSPS) is 14.1. The summed E-state index contributed by atoms with van der Waals surface area (Å²) in [4.78, 5) is 37.6. The van der Waals surface area contributed by atoms with Crippen LogP contribution in [-0.2, 0) is 27.9 Å². The molecular weight excluding hydrogens is 892 g/mol. The number of hydrogen-bond donors (Lipinski definition) is 2. The molecule has 0 aromatic heterocycles. The van der Waals surface area contributed by atoms with Gasteiger partial charge in [-0.3, -0.25) is 18.6 Å². The van der Waals surface area contributed by atoms with Gasteiger partial charge in [0.15, 0.2) is 0 Å². The molecule has 3 unspecified atom stereocenters. The molecule has 0 heterocycles. The highest BCUT2D eigenvalue weighted by Gasteiger charge is 2.30. The highest BCUT2D eigenvalue weighted by molar-refractivity contribution is 7.47. The molecule has 70 heavy (non-hydrogen) atoms. The van der Waals surface area contributed by atoms with E-state index in [0.717, 1.165) is 83.5 Å². The standard InChI is InChI=1S/C60H113N2O7P/c1-7-10-13-16-19-22-25-28-29-30-31-32-33-35-38-41-44-47-50-53-60(64)69-58(51-48-45-42-39-36-27-24-21-18-15-12-9-3)57(56-68-70(65,66)67-55-54-62(4,5)6)61-59(63)52-49-46-43-40-37-34-26-23-20-17-14-11-8-2/h11,14,17,20,23,26,48,51,57-58H,7-10,12-13,15-16,18-19,21-22,24-25,27-47,49-50,52-56H2,1-6H3,(H-,61,63,65,66)/p+1/b14-11+,20-17+,26-23-,51-48-. The first-order valence-corrected chi connectivity index (χ1v) is 31.0. The van der Waals surface area contributed by atoms with Crippen molar-refractivity contribution in [1.82, 2.24) is 5.32 Å². The van der Waals surface area contributed by atoms with Crippen molar-refractivity contribution >= 4 is 19.7 Å². The van der Waals surface area contributed by atoms with Crippen LogP contribution in [0.4, 0.5) is 0 Å².